The number of ether oxygens (including phenoxy) is 2. The van der Waals surface area contributed by atoms with Crippen molar-refractivity contribution >= 4 is 33.4 Å². The summed E-state index contributed by atoms with van der Waals surface area (Å²) in [4.78, 5) is 39.8. The lowest BCUT2D eigenvalue weighted by molar-refractivity contribution is -0.385. The Bertz CT molecular complexity index is 1330. The number of carbonyl (C=O) groups excluding carboxylic acids is 2. The first-order valence-electron chi connectivity index (χ1n) is 13.2. The van der Waals surface area contributed by atoms with Crippen LogP contribution in [0.5, 0.6) is 11.5 Å². The highest BCUT2D eigenvalue weighted by atomic mass is 79.9. The molecule has 0 aromatic heterocycles. The number of methoxy groups -OCH3 is 1. The number of rotatable bonds is 12. The Morgan fingerprint density at radius 2 is 1.77 bits per heavy atom. The van der Waals surface area contributed by atoms with Gasteiger partial charge >= 0.3 is 5.69 Å². The predicted molar refractivity (Wildman–Crippen MR) is 154 cm³/mol. The Morgan fingerprint density at radius 1 is 1.05 bits per heavy atom. The van der Waals surface area contributed by atoms with Gasteiger partial charge < -0.3 is 19.7 Å². The van der Waals surface area contributed by atoms with E-state index in [1.165, 1.54) is 25.3 Å². The van der Waals surface area contributed by atoms with Gasteiger partial charge in [0.15, 0.2) is 6.61 Å². The van der Waals surface area contributed by atoms with Gasteiger partial charge in [-0.1, -0.05) is 71.2 Å². The molecule has 0 aliphatic heterocycles. The molecule has 0 saturated heterocycles. The number of nitro benzene ring substituents is 1. The molecule has 9 nitrogen and oxygen atoms in total. The molecule has 40 heavy (non-hydrogen) atoms. The molecule has 1 unspecified atom stereocenters. The summed E-state index contributed by atoms with van der Waals surface area (Å²) in [5.41, 5.74) is 1.58. The van der Waals surface area contributed by atoms with Crippen molar-refractivity contribution in [2.45, 2.75) is 50.7 Å². The maximum Gasteiger partial charge on any atom is 0.311 e. The number of hydrogen-bond acceptors (Lipinski definition) is 6. The number of carbonyl (C=O) groups is 2. The molecule has 0 radical (unpaired) electrons. The van der Waals surface area contributed by atoms with Crippen LogP contribution >= 0.6 is 15.9 Å². The Morgan fingerprint density at radius 3 is 2.45 bits per heavy atom. The minimum Gasteiger partial charge on any atom is -0.490 e. The van der Waals surface area contributed by atoms with Gasteiger partial charge in [-0.2, -0.15) is 0 Å². The predicted octanol–water partition coefficient (Wildman–Crippen LogP) is 5.44. The maximum absolute atomic E-state index is 13.8. The maximum atomic E-state index is 13.8. The Balaban J connectivity index is 1.61. The number of amides is 2. The molecule has 1 saturated carbocycles. The lowest BCUT2D eigenvalue weighted by Gasteiger charge is -2.32. The SMILES string of the molecule is COc1cc(OCC(=O)N(Cc2cccc(Br)c2)C(Cc2ccccc2)C(=O)NC2CCCC2)ccc1[N+](=O)[O-]. The molecule has 2 amide bonds. The molecule has 3 aromatic carbocycles. The summed E-state index contributed by atoms with van der Waals surface area (Å²) in [6, 6.07) is 20.6. The van der Waals surface area contributed by atoms with Gasteiger partial charge in [-0.05, 0) is 42.2 Å². The second-order valence-corrected chi connectivity index (χ2v) is 10.6. The van der Waals surface area contributed by atoms with Crippen LogP contribution in [0.25, 0.3) is 0 Å². The highest BCUT2D eigenvalue weighted by Crippen LogP contribution is 2.31. The van der Waals surface area contributed by atoms with E-state index in [1.807, 2.05) is 54.6 Å². The Kier molecular flexibility index (Phi) is 10.1. The third-order valence-electron chi connectivity index (χ3n) is 6.92. The highest BCUT2D eigenvalue weighted by Gasteiger charge is 2.32. The van der Waals surface area contributed by atoms with Gasteiger partial charge in [0.1, 0.15) is 11.8 Å². The summed E-state index contributed by atoms with van der Waals surface area (Å²) in [7, 11) is 1.33. The lowest BCUT2D eigenvalue weighted by Crippen LogP contribution is -2.53. The quantitative estimate of drug-likeness (QED) is 0.216. The van der Waals surface area contributed by atoms with Crippen LogP contribution in [-0.4, -0.2) is 47.4 Å². The molecule has 1 N–H and O–H groups in total. The van der Waals surface area contributed by atoms with Crippen molar-refractivity contribution < 1.29 is 24.0 Å². The Labute approximate surface area is 241 Å². The van der Waals surface area contributed by atoms with Crippen LogP contribution in [0.1, 0.15) is 36.8 Å². The third kappa shape index (κ3) is 7.81. The van der Waals surface area contributed by atoms with Crippen LogP contribution in [0.2, 0.25) is 0 Å². The normalized spacial score (nSPS) is 13.8. The number of nitro groups is 1. The van der Waals surface area contributed by atoms with E-state index in [-0.39, 0.29) is 48.2 Å². The van der Waals surface area contributed by atoms with E-state index in [0.717, 1.165) is 41.3 Å². The van der Waals surface area contributed by atoms with Gasteiger partial charge in [0.2, 0.25) is 11.7 Å². The van der Waals surface area contributed by atoms with Crippen molar-refractivity contribution in [1.82, 2.24) is 10.2 Å². The molecule has 10 heteroatoms. The fraction of sp³-hybridized carbons (Fsp3) is 0.333. The molecule has 0 heterocycles. The van der Waals surface area contributed by atoms with Crippen LogP contribution in [0.4, 0.5) is 5.69 Å². The fourth-order valence-electron chi connectivity index (χ4n) is 4.88. The minimum atomic E-state index is -0.774. The van der Waals surface area contributed by atoms with Gasteiger partial charge in [0.25, 0.3) is 5.91 Å². The summed E-state index contributed by atoms with van der Waals surface area (Å²) in [5, 5.41) is 14.4. The van der Waals surface area contributed by atoms with Crippen molar-refractivity contribution in [3.8, 4) is 11.5 Å². The minimum absolute atomic E-state index is 0.0267. The number of nitrogens with one attached hydrogen (secondary N) is 1. The molecule has 3 aromatic rings. The number of hydrogen-bond donors (Lipinski definition) is 1. The topological polar surface area (TPSA) is 111 Å². The molecule has 1 atom stereocenters. The second-order valence-electron chi connectivity index (χ2n) is 9.73. The first-order chi connectivity index (χ1) is 19.3. The number of benzene rings is 3. The van der Waals surface area contributed by atoms with E-state index in [1.54, 1.807) is 4.90 Å². The van der Waals surface area contributed by atoms with Crippen LogP contribution in [0, 0.1) is 10.1 Å². The van der Waals surface area contributed by atoms with Crippen molar-refractivity contribution in [1.29, 1.82) is 0 Å². The molecular weight excluding hydrogens is 578 g/mol. The van der Waals surface area contributed by atoms with E-state index >= 15 is 0 Å². The highest BCUT2D eigenvalue weighted by molar-refractivity contribution is 9.10. The van der Waals surface area contributed by atoms with E-state index in [2.05, 4.69) is 21.2 Å². The van der Waals surface area contributed by atoms with Crippen molar-refractivity contribution in [3.05, 3.63) is 98.5 Å². The Hall–Kier alpha value is -3.92. The largest absolute Gasteiger partial charge is 0.490 e. The molecule has 1 fully saturated rings. The van der Waals surface area contributed by atoms with Crippen LogP contribution < -0.4 is 14.8 Å². The van der Waals surface area contributed by atoms with Crippen LogP contribution in [0.15, 0.2) is 77.3 Å². The fourth-order valence-corrected chi connectivity index (χ4v) is 5.33. The second kappa shape index (κ2) is 13.9. The van der Waals surface area contributed by atoms with E-state index in [4.69, 9.17) is 9.47 Å². The molecule has 4 rings (SSSR count). The summed E-state index contributed by atoms with van der Waals surface area (Å²) in [6.07, 6.45) is 4.33. The molecule has 1 aliphatic carbocycles. The molecular formula is C30H32BrN3O6. The zero-order valence-electron chi connectivity index (χ0n) is 22.3. The van der Waals surface area contributed by atoms with Crippen molar-refractivity contribution in [2.24, 2.45) is 0 Å². The van der Waals surface area contributed by atoms with E-state index in [9.17, 15) is 19.7 Å². The lowest BCUT2D eigenvalue weighted by atomic mass is 10.0. The summed E-state index contributed by atoms with van der Waals surface area (Å²) >= 11 is 3.49. The van der Waals surface area contributed by atoms with Gasteiger partial charge in [-0.3, -0.25) is 19.7 Å². The summed E-state index contributed by atoms with van der Waals surface area (Å²) < 4.78 is 11.7. The molecule has 0 bridgehead atoms. The average Bonchev–Trinajstić information content (AvgIpc) is 3.47. The van der Waals surface area contributed by atoms with Crippen molar-refractivity contribution in [3.63, 3.8) is 0 Å². The summed E-state index contributed by atoms with van der Waals surface area (Å²) in [5.74, 6) is -0.317. The number of halogens is 1. The molecule has 210 valence electrons. The van der Waals surface area contributed by atoms with Crippen LogP contribution in [0.3, 0.4) is 0 Å². The first-order valence-corrected chi connectivity index (χ1v) is 14.0. The van der Waals surface area contributed by atoms with Gasteiger partial charge in [0.05, 0.1) is 12.0 Å². The van der Waals surface area contributed by atoms with Gasteiger partial charge in [0, 0.05) is 35.6 Å². The van der Waals surface area contributed by atoms with Gasteiger partial charge in [-0.25, -0.2) is 0 Å². The number of nitrogens with zero attached hydrogens (tertiary/aromatic N) is 2. The van der Waals surface area contributed by atoms with Gasteiger partial charge in [-0.15, -0.1) is 0 Å². The monoisotopic (exact) mass is 609 g/mol. The third-order valence-corrected chi connectivity index (χ3v) is 7.42. The first kappa shape index (κ1) is 29.1. The zero-order chi connectivity index (χ0) is 28.5. The zero-order valence-corrected chi connectivity index (χ0v) is 23.8. The van der Waals surface area contributed by atoms with E-state index in [0.29, 0.717) is 6.42 Å². The average molecular weight is 611 g/mol. The van der Waals surface area contributed by atoms with E-state index < -0.39 is 11.0 Å². The standard InChI is InChI=1S/C30H32BrN3O6/c1-39-28-18-25(14-15-26(28)34(37)38)40-20-29(35)33(19-22-10-7-11-23(31)16-22)27(17-21-8-3-2-4-9-21)30(36)32-24-12-5-6-13-24/h2-4,7-11,14-16,18,24,27H,5-6,12-13,17,19-20H2,1H3,(H,32,36). The molecule has 0 spiro atoms. The molecule has 1 aliphatic rings. The van der Waals surface area contributed by atoms with Crippen molar-refractivity contribution in [2.75, 3.05) is 13.7 Å². The van der Waals surface area contributed by atoms with Crippen LogP contribution in [-0.2, 0) is 22.6 Å². The summed E-state index contributed by atoms with van der Waals surface area (Å²) in [6.45, 7) is -0.169. The smallest absolute Gasteiger partial charge is 0.311 e.